The van der Waals surface area contributed by atoms with Gasteiger partial charge in [-0.25, -0.2) is 4.99 Å². The zero-order valence-corrected chi connectivity index (χ0v) is 28.1. The molecule has 0 unspecified atom stereocenters. The summed E-state index contributed by atoms with van der Waals surface area (Å²) in [6, 6.07) is 44.7. The van der Waals surface area contributed by atoms with Crippen molar-refractivity contribution in [1.82, 2.24) is 8.97 Å². The van der Waals surface area contributed by atoms with Crippen LogP contribution in [0.15, 0.2) is 163 Å². The second-order valence-corrected chi connectivity index (χ2v) is 14.4. The van der Waals surface area contributed by atoms with Gasteiger partial charge in [-0.15, -0.1) is 11.3 Å². The number of benzene rings is 6. The van der Waals surface area contributed by atoms with Gasteiger partial charge in [0.2, 0.25) is 0 Å². The number of nitrogens with zero attached hydrogens (tertiary/aromatic N) is 3. The summed E-state index contributed by atoms with van der Waals surface area (Å²) in [5.74, 6) is 0. The van der Waals surface area contributed by atoms with E-state index in [0.717, 1.165) is 28.1 Å². The first-order chi connectivity index (χ1) is 24.6. The van der Waals surface area contributed by atoms with E-state index >= 15 is 0 Å². The van der Waals surface area contributed by atoms with Crippen LogP contribution in [0.1, 0.15) is 5.69 Å². The molecule has 0 N–H and O–H groups in total. The van der Waals surface area contributed by atoms with Gasteiger partial charge in [0.05, 0.1) is 33.5 Å². The fraction of sp³-hybridized carbons (Fsp3) is 0.0217. The van der Waals surface area contributed by atoms with E-state index in [1.54, 1.807) is 0 Å². The molecule has 0 fully saturated rings. The average Bonchev–Trinajstić information content (AvgIpc) is 3.87. The van der Waals surface area contributed by atoms with Gasteiger partial charge in [0, 0.05) is 58.5 Å². The Balaban J connectivity index is 1.23. The summed E-state index contributed by atoms with van der Waals surface area (Å²) in [5.41, 5.74) is 12.4. The average molecular weight is 656 g/mol. The smallest absolute Gasteiger partial charge is 0.0926 e. The molecule has 50 heavy (non-hydrogen) atoms. The first-order valence-electron chi connectivity index (χ1n) is 17.0. The van der Waals surface area contributed by atoms with E-state index in [2.05, 4.69) is 150 Å². The van der Waals surface area contributed by atoms with E-state index in [1.807, 2.05) is 29.6 Å². The molecule has 0 aliphatic heterocycles. The van der Waals surface area contributed by atoms with Gasteiger partial charge in [0.25, 0.3) is 0 Å². The van der Waals surface area contributed by atoms with Crippen molar-refractivity contribution in [3.8, 4) is 16.8 Å². The van der Waals surface area contributed by atoms with Crippen molar-refractivity contribution >= 4 is 91.9 Å². The van der Waals surface area contributed by atoms with Crippen molar-refractivity contribution in [2.24, 2.45) is 4.99 Å². The number of thiophene rings is 1. The molecule has 4 aromatic heterocycles. The fourth-order valence-corrected chi connectivity index (χ4v) is 9.37. The summed E-state index contributed by atoms with van der Waals surface area (Å²) in [5, 5.41) is 8.82. The number of aryl methyl sites for hydroxylation is 1. The van der Waals surface area contributed by atoms with Crippen molar-refractivity contribution in [2.75, 3.05) is 0 Å². The van der Waals surface area contributed by atoms with Crippen LogP contribution in [-0.4, -0.2) is 14.7 Å². The van der Waals surface area contributed by atoms with Gasteiger partial charge in [-0.2, -0.15) is 0 Å². The number of fused-ring (bicyclic) bond motifs is 9. The minimum Gasteiger partial charge on any atom is -0.310 e. The summed E-state index contributed by atoms with van der Waals surface area (Å²) >= 11 is 1.87. The SMILES string of the molecule is C=C1C=CC=CC1=Nc1c(C)n2c3cc4sc5ccccc5c4cc3c3cc(-c4ccc5c(c4)c4ccccc4n5-c4ccccc4)cc1c32. The number of hydrogen-bond acceptors (Lipinski definition) is 2. The molecule has 0 saturated carbocycles. The highest BCUT2D eigenvalue weighted by Gasteiger charge is 2.23. The Morgan fingerprint density at radius 1 is 0.560 bits per heavy atom. The Labute approximate surface area is 292 Å². The normalized spacial score (nSPS) is 14.4. The quantitative estimate of drug-likeness (QED) is 0.181. The maximum absolute atomic E-state index is 5.31. The van der Waals surface area contributed by atoms with E-state index in [1.165, 1.54) is 80.6 Å². The van der Waals surface area contributed by atoms with E-state index in [-0.39, 0.29) is 0 Å². The van der Waals surface area contributed by atoms with Gasteiger partial charge < -0.3 is 8.97 Å². The van der Waals surface area contributed by atoms with Crippen LogP contribution in [0.4, 0.5) is 5.69 Å². The highest BCUT2D eigenvalue weighted by atomic mass is 32.1. The standard InChI is InChI=1S/C46H29N3S/c1-27-12-6-9-17-39(27)47-45-28(2)48-42-26-44-36(33-16-8-11-19-43(33)50-44)25-35(42)37-23-30(24-38(45)46(37)48)29-20-21-41-34(22-29)32-15-7-10-18-40(32)49(41)31-13-4-3-5-14-31/h3-26H,1H2,2H3. The lowest BCUT2D eigenvalue weighted by molar-refractivity contribution is 1.18. The van der Waals surface area contributed by atoms with Gasteiger partial charge in [-0.05, 0) is 90.4 Å². The second-order valence-electron chi connectivity index (χ2n) is 13.3. The molecule has 0 radical (unpaired) electrons. The molecule has 4 heterocycles. The molecule has 11 rings (SSSR count). The molecule has 0 atom stereocenters. The molecule has 6 aromatic carbocycles. The zero-order chi connectivity index (χ0) is 33.1. The van der Waals surface area contributed by atoms with E-state index in [9.17, 15) is 0 Å². The third kappa shape index (κ3) is 3.77. The van der Waals surface area contributed by atoms with Crippen LogP contribution in [0, 0.1) is 6.92 Å². The largest absolute Gasteiger partial charge is 0.310 e. The van der Waals surface area contributed by atoms with E-state index in [0.29, 0.717) is 0 Å². The van der Waals surface area contributed by atoms with Crippen LogP contribution in [0.3, 0.4) is 0 Å². The van der Waals surface area contributed by atoms with Gasteiger partial charge in [-0.1, -0.05) is 85.5 Å². The van der Waals surface area contributed by atoms with Crippen molar-refractivity contribution in [1.29, 1.82) is 0 Å². The molecule has 0 bridgehead atoms. The third-order valence-electron chi connectivity index (χ3n) is 10.5. The Morgan fingerprint density at radius 2 is 1.28 bits per heavy atom. The molecule has 1 aliphatic rings. The van der Waals surface area contributed by atoms with Gasteiger partial charge in [0.15, 0.2) is 0 Å². The second kappa shape index (κ2) is 10.1. The monoisotopic (exact) mass is 655 g/mol. The first-order valence-corrected chi connectivity index (χ1v) is 17.8. The van der Waals surface area contributed by atoms with Gasteiger partial charge in [-0.3, -0.25) is 0 Å². The lowest BCUT2D eigenvalue weighted by atomic mass is 9.98. The summed E-state index contributed by atoms with van der Waals surface area (Å²) in [4.78, 5) is 5.31. The van der Waals surface area contributed by atoms with Crippen molar-refractivity contribution in [3.05, 3.63) is 163 Å². The minimum absolute atomic E-state index is 0.900. The van der Waals surface area contributed by atoms with Crippen LogP contribution in [0.2, 0.25) is 0 Å². The van der Waals surface area contributed by atoms with E-state index < -0.39 is 0 Å². The number of hydrogen-bond donors (Lipinski definition) is 0. The summed E-state index contributed by atoms with van der Waals surface area (Å²) < 4.78 is 7.44. The molecule has 0 saturated heterocycles. The Morgan fingerprint density at radius 3 is 2.16 bits per heavy atom. The minimum atomic E-state index is 0.900. The number of rotatable bonds is 3. The third-order valence-corrected chi connectivity index (χ3v) is 11.7. The number of para-hydroxylation sites is 2. The molecular weight excluding hydrogens is 627 g/mol. The molecule has 10 aromatic rings. The Kier molecular flexibility index (Phi) is 5.62. The predicted octanol–water partition coefficient (Wildman–Crippen LogP) is 12.9. The number of allylic oxidation sites excluding steroid dienone is 5. The topological polar surface area (TPSA) is 21.7 Å². The summed E-state index contributed by atoms with van der Waals surface area (Å²) in [6.07, 6.45) is 8.16. The van der Waals surface area contributed by atoms with Crippen LogP contribution in [0.25, 0.3) is 86.0 Å². The lowest BCUT2D eigenvalue weighted by Gasteiger charge is -2.09. The summed E-state index contributed by atoms with van der Waals surface area (Å²) in [7, 11) is 0. The number of aliphatic imine (C=N–C) groups is 1. The Hall–Kier alpha value is -6.23. The lowest BCUT2D eigenvalue weighted by Crippen LogP contribution is -1.97. The van der Waals surface area contributed by atoms with Crippen LogP contribution in [0.5, 0.6) is 0 Å². The highest BCUT2D eigenvalue weighted by Crippen LogP contribution is 2.47. The maximum atomic E-state index is 5.31. The van der Waals surface area contributed by atoms with Crippen LogP contribution >= 0.6 is 11.3 Å². The molecule has 1 aliphatic carbocycles. The summed E-state index contributed by atoms with van der Waals surface area (Å²) in [6.45, 7) is 6.51. The van der Waals surface area contributed by atoms with Crippen LogP contribution in [-0.2, 0) is 0 Å². The van der Waals surface area contributed by atoms with Crippen molar-refractivity contribution in [2.45, 2.75) is 6.92 Å². The molecular formula is C46H29N3S. The first kappa shape index (κ1) is 27.7. The van der Waals surface area contributed by atoms with Crippen molar-refractivity contribution < 1.29 is 0 Å². The van der Waals surface area contributed by atoms with Crippen molar-refractivity contribution in [3.63, 3.8) is 0 Å². The van der Waals surface area contributed by atoms with Gasteiger partial charge in [0.1, 0.15) is 0 Å². The molecule has 3 nitrogen and oxygen atoms in total. The molecule has 0 amide bonds. The molecule has 0 spiro atoms. The van der Waals surface area contributed by atoms with Crippen LogP contribution < -0.4 is 0 Å². The molecule has 234 valence electrons. The highest BCUT2D eigenvalue weighted by molar-refractivity contribution is 7.25. The number of aromatic nitrogens is 2. The fourth-order valence-electron chi connectivity index (χ4n) is 8.25. The Bertz CT molecular complexity index is 3160. The maximum Gasteiger partial charge on any atom is 0.0926 e. The van der Waals surface area contributed by atoms with Gasteiger partial charge >= 0.3 is 0 Å². The molecule has 4 heteroatoms. The zero-order valence-electron chi connectivity index (χ0n) is 27.3. The predicted molar refractivity (Wildman–Crippen MR) is 216 cm³/mol. The van der Waals surface area contributed by atoms with E-state index in [4.69, 9.17) is 4.99 Å².